The van der Waals surface area contributed by atoms with Gasteiger partial charge in [0.25, 0.3) is 0 Å². The monoisotopic (exact) mass is 497 g/mol. The summed E-state index contributed by atoms with van der Waals surface area (Å²) in [6.07, 6.45) is -4.44. The van der Waals surface area contributed by atoms with E-state index in [0.717, 1.165) is 16.8 Å². The maximum atomic E-state index is 12.2. The van der Waals surface area contributed by atoms with E-state index in [4.69, 9.17) is 15.2 Å². The molecule has 0 unspecified atom stereocenters. The lowest BCUT2D eigenvalue weighted by Gasteiger charge is -2.21. The topological polar surface area (TPSA) is 185 Å². The van der Waals surface area contributed by atoms with E-state index in [0.29, 0.717) is 0 Å². The summed E-state index contributed by atoms with van der Waals surface area (Å²) in [5.41, 5.74) is 7.97. The van der Waals surface area contributed by atoms with Gasteiger partial charge in [0.15, 0.2) is 0 Å². The highest BCUT2D eigenvalue weighted by molar-refractivity contribution is 5.95. The van der Waals surface area contributed by atoms with Crippen LogP contribution in [0, 0.1) is 13.8 Å². The Labute approximate surface area is 207 Å². The molecule has 0 saturated carbocycles. The van der Waals surface area contributed by atoms with Gasteiger partial charge in [-0.25, -0.2) is 19.2 Å². The number of carbonyl (C=O) groups is 4. The molecule has 0 saturated heterocycles. The van der Waals surface area contributed by atoms with E-state index < -0.39 is 36.1 Å². The number of carbonyl (C=O) groups excluding carboxylic acids is 2. The number of carboxylic acid groups (broad SMARTS) is 2. The molecule has 10 heteroatoms. The molecular formula is C26H27NO9. The molecule has 0 fully saturated rings. The first-order chi connectivity index (χ1) is 16.6. The number of anilines is 1. The Morgan fingerprint density at radius 1 is 0.639 bits per heavy atom. The number of ether oxygens (including phenoxy) is 2. The minimum Gasteiger partial charge on any atom is -0.478 e. The fraction of sp³-hybridized carbons (Fsp3) is 0.154. The number of nitrogen functional groups attached to an aromatic ring is 1. The first-order valence-electron chi connectivity index (χ1n) is 10.4. The third-order valence-electron chi connectivity index (χ3n) is 4.60. The van der Waals surface area contributed by atoms with Gasteiger partial charge in [0.1, 0.15) is 0 Å². The molecular weight excluding hydrogens is 470 g/mol. The van der Waals surface area contributed by atoms with Crippen LogP contribution in [-0.4, -0.2) is 51.8 Å². The SMILES string of the molecule is Cc1ccc(C(=O)O[C@H](C(=O)O)[C@H](OC(=O)c2ccc(C)cc2)C(=O)O)cc1.Nc1ccccc1.O. The van der Waals surface area contributed by atoms with Gasteiger partial charge in [-0.05, 0) is 50.2 Å². The van der Waals surface area contributed by atoms with E-state index in [2.05, 4.69) is 0 Å². The first kappa shape index (κ1) is 29.3. The molecule has 0 amide bonds. The highest BCUT2D eigenvalue weighted by Gasteiger charge is 2.41. The largest absolute Gasteiger partial charge is 0.478 e. The number of aliphatic carboxylic acids is 2. The number of hydrogen-bond acceptors (Lipinski definition) is 7. The quantitative estimate of drug-likeness (QED) is 0.326. The van der Waals surface area contributed by atoms with Gasteiger partial charge < -0.3 is 30.9 Å². The minimum atomic E-state index is -2.22. The summed E-state index contributed by atoms with van der Waals surface area (Å²) >= 11 is 0. The number of carboxylic acids is 2. The zero-order valence-corrected chi connectivity index (χ0v) is 19.6. The minimum absolute atomic E-state index is 0. The average molecular weight is 498 g/mol. The second-order valence-electron chi connectivity index (χ2n) is 7.47. The molecule has 0 aliphatic carbocycles. The Balaban J connectivity index is 0.000000696. The van der Waals surface area contributed by atoms with Gasteiger partial charge in [0, 0.05) is 5.69 Å². The van der Waals surface area contributed by atoms with Crippen LogP contribution in [0.1, 0.15) is 31.8 Å². The van der Waals surface area contributed by atoms with E-state index in [1.807, 2.05) is 30.3 Å². The molecule has 6 N–H and O–H groups in total. The molecule has 0 aliphatic heterocycles. The fourth-order valence-electron chi connectivity index (χ4n) is 2.68. The number of esters is 2. The summed E-state index contributed by atoms with van der Waals surface area (Å²) in [7, 11) is 0. The summed E-state index contributed by atoms with van der Waals surface area (Å²) in [5, 5.41) is 18.6. The Hall–Kier alpha value is -4.70. The van der Waals surface area contributed by atoms with Crippen LogP contribution in [0.3, 0.4) is 0 Å². The number of para-hydroxylation sites is 1. The molecule has 2 atom stereocenters. The molecule has 3 aromatic carbocycles. The maximum absolute atomic E-state index is 12.2. The molecule has 10 nitrogen and oxygen atoms in total. The Morgan fingerprint density at radius 2 is 0.972 bits per heavy atom. The molecule has 0 radical (unpaired) electrons. The van der Waals surface area contributed by atoms with Gasteiger partial charge in [0.05, 0.1) is 11.1 Å². The second kappa shape index (κ2) is 13.9. The van der Waals surface area contributed by atoms with Gasteiger partial charge >= 0.3 is 23.9 Å². The number of aryl methyl sites for hydroxylation is 2. The van der Waals surface area contributed by atoms with Crippen LogP contribution >= 0.6 is 0 Å². The van der Waals surface area contributed by atoms with Crippen molar-refractivity contribution in [3.63, 3.8) is 0 Å². The summed E-state index contributed by atoms with van der Waals surface area (Å²) in [6.45, 7) is 3.58. The van der Waals surface area contributed by atoms with E-state index in [1.165, 1.54) is 24.3 Å². The van der Waals surface area contributed by atoms with Crippen molar-refractivity contribution in [1.82, 2.24) is 0 Å². The Kier molecular flexibility index (Phi) is 11.3. The predicted molar refractivity (Wildman–Crippen MR) is 131 cm³/mol. The van der Waals surface area contributed by atoms with Crippen LogP contribution in [0.2, 0.25) is 0 Å². The lowest BCUT2D eigenvalue weighted by Crippen LogP contribution is -2.45. The van der Waals surface area contributed by atoms with Gasteiger partial charge in [0.2, 0.25) is 12.2 Å². The molecule has 0 aliphatic rings. The summed E-state index contributed by atoms with van der Waals surface area (Å²) in [4.78, 5) is 47.3. The highest BCUT2D eigenvalue weighted by atomic mass is 16.6. The molecule has 0 heterocycles. The highest BCUT2D eigenvalue weighted by Crippen LogP contribution is 2.14. The smallest absolute Gasteiger partial charge is 0.349 e. The van der Waals surface area contributed by atoms with Crippen LogP contribution in [0.15, 0.2) is 78.9 Å². The number of hydrogen-bond donors (Lipinski definition) is 3. The summed E-state index contributed by atoms with van der Waals surface area (Å²) < 4.78 is 9.64. The van der Waals surface area contributed by atoms with Gasteiger partial charge in [-0.2, -0.15) is 0 Å². The van der Waals surface area contributed by atoms with Gasteiger partial charge in [-0.3, -0.25) is 0 Å². The van der Waals surface area contributed by atoms with Crippen molar-refractivity contribution in [3.8, 4) is 0 Å². The second-order valence-corrected chi connectivity index (χ2v) is 7.47. The Bertz CT molecular complexity index is 1080. The van der Waals surface area contributed by atoms with Crippen LogP contribution < -0.4 is 5.73 Å². The molecule has 0 bridgehead atoms. The Morgan fingerprint density at radius 3 is 1.22 bits per heavy atom. The lowest BCUT2D eigenvalue weighted by molar-refractivity contribution is -0.166. The van der Waals surface area contributed by atoms with Crippen molar-refractivity contribution in [1.29, 1.82) is 0 Å². The van der Waals surface area contributed by atoms with Crippen LogP contribution in [0.5, 0.6) is 0 Å². The molecule has 190 valence electrons. The predicted octanol–water partition coefficient (Wildman–Crippen LogP) is 2.67. The summed E-state index contributed by atoms with van der Waals surface area (Å²) in [5.74, 6) is -5.62. The molecule has 0 spiro atoms. The molecule has 36 heavy (non-hydrogen) atoms. The van der Waals surface area contributed by atoms with Crippen LogP contribution in [-0.2, 0) is 19.1 Å². The normalized spacial score (nSPS) is 11.4. The number of rotatable bonds is 7. The van der Waals surface area contributed by atoms with E-state index in [-0.39, 0.29) is 16.6 Å². The molecule has 3 rings (SSSR count). The van der Waals surface area contributed by atoms with E-state index in [9.17, 15) is 29.4 Å². The zero-order chi connectivity index (χ0) is 26.0. The fourth-order valence-corrected chi connectivity index (χ4v) is 2.68. The number of benzene rings is 3. The van der Waals surface area contributed by atoms with Crippen LogP contribution in [0.25, 0.3) is 0 Å². The van der Waals surface area contributed by atoms with E-state index in [1.54, 1.807) is 38.1 Å². The third-order valence-corrected chi connectivity index (χ3v) is 4.60. The summed E-state index contributed by atoms with van der Waals surface area (Å²) in [6, 6.07) is 21.6. The van der Waals surface area contributed by atoms with Crippen molar-refractivity contribution >= 4 is 29.6 Å². The van der Waals surface area contributed by atoms with Gasteiger partial charge in [-0.1, -0.05) is 53.6 Å². The van der Waals surface area contributed by atoms with E-state index >= 15 is 0 Å². The van der Waals surface area contributed by atoms with Crippen LogP contribution in [0.4, 0.5) is 5.69 Å². The van der Waals surface area contributed by atoms with Crippen molar-refractivity contribution in [2.45, 2.75) is 26.1 Å². The van der Waals surface area contributed by atoms with Crippen molar-refractivity contribution in [3.05, 3.63) is 101 Å². The molecule has 0 aromatic heterocycles. The number of nitrogens with two attached hydrogens (primary N) is 1. The third kappa shape index (κ3) is 8.92. The maximum Gasteiger partial charge on any atom is 0.349 e. The van der Waals surface area contributed by atoms with Crippen molar-refractivity contribution < 1.29 is 44.3 Å². The van der Waals surface area contributed by atoms with Crippen molar-refractivity contribution in [2.75, 3.05) is 5.73 Å². The first-order valence-corrected chi connectivity index (χ1v) is 10.4. The van der Waals surface area contributed by atoms with Crippen molar-refractivity contribution in [2.24, 2.45) is 0 Å². The lowest BCUT2D eigenvalue weighted by atomic mass is 10.1. The average Bonchev–Trinajstić information content (AvgIpc) is 2.82. The molecule has 3 aromatic rings. The standard InChI is InChI=1S/C20H18O8.C6H7N.H2O/c1-11-3-7-13(8-4-11)19(25)27-15(17(21)22)16(18(23)24)28-20(26)14-9-5-12(2)6-10-14;7-6-4-2-1-3-5-6;/h3-10,15-16H,1-2H3,(H,21,22)(H,23,24);1-5H,7H2;1H2/t15-,16-;;/m0../s1. The zero-order valence-electron chi connectivity index (χ0n) is 19.6. The van der Waals surface area contributed by atoms with Gasteiger partial charge in [-0.15, -0.1) is 0 Å².